The topological polar surface area (TPSA) is 75.1 Å². The van der Waals surface area contributed by atoms with Crippen molar-refractivity contribution in [3.05, 3.63) is 29.8 Å². The third-order valence-corrected chi connectivity index (χ3v) is 3.04. The highest BCUT2D eigenvalue weighted by Crippen LogP contribution is 2.19. The molecular weight excluding hydrogens is 282 g/mol. The zero-order valence-corrected chi connectivity index (χ0v) is 13.8. The molecule has 1 aromatic carbocycles. The Balaban J connectivity index is 2.67. The maximum absolute atomic E-state index is 10.3. The number of rotatable bonds is 8. The fraction of sp³-hybridized carbons (Fsp3) is 0.562. The SMILES string of the molecule is CCNC(=NCC(O)c1cccc(OC)c1)NC(C)COC. The molecule has 1 rings (SSSR count). The van der Waals surface area contributed by atoms with Crippen molar-refractivity contribution in [2.24, 2.45) is 4.99 Å². The van der Waals surface area contributed by atoms with Gasteiger partial charge in [-0.3, -0.25) is 4.99 Å². The van der Waals surface area contributed by atoms with Crippen LogP contribution in [0.15, 0.2) is 29.3 Å². The van der Waals surface area contributed by atoms with Gasteiger partial charge in [0.05, 0.1) is 26.4 Å². The van der Waals surface area contributed by atoms with E-state index in [1.165, 1.54) is 0 Å². The van der Waals surface area contributed by atoms with Gasteiger partial charge in [0.1, 0.15) is 5.75 Å². The second kappa shape index (κ2) is 10.0. The predicted molar refractivity (Wildman–Crippen MR) is 88.4 cm³/mol. The van der Waals surface area contributed by atoms with Crippen molar-refractivity contribution in [1.82, 2.24) is 10.6 Å². The van der Waals surface area contributed by atoms with Crippen LogP contribution in [0.4, 0.5) is 0 Å². The number of guanidine groups is 1. The quantitative estimate of drug-likeness (QED) is 0.499. The number of ether oxygens (including phenoxy) is 2. The standard InChI is InChI=1S/C16H27N3O3/c1-5-17-16(19-12(2)11-21-3)18-10-15(20)13-7-6-8-14(9-13)22-4/h6-9,12,15,20H,5,10-11H2,1-4H3,(H2,17,18,19). The number of nitrogens with one attached hydrogen (secondary N) is 2. The molecule has 0 aromatic heterocycles. The van der Waals surface area contributed by atoms with Gasteiger partial charge in [-0.2, -0.15) is 0 Å². The summed E-state index contributed by atoms with van der Waals surface area (Å²) in [4.78, 5) is 4.42. The Hall–Kier alpha value is -1.79. The van der Waals surface area contributed by atoms with Crippen LogP contribution < -0.4 is 15.4 Å². The molecule has 2 atom stereocenters. The highest BCUT2D eigenvalue weighted by molar-refractivity contribution is 5.80. The van der Waals surface area contributed by atoms with Gasteiger partial charge in [0.2, 0.25) is 0 Å². The fourth-order valence-electron chi connectivity index (χ4n) is 1.98. The van der Waals surface area contributed by atoms with E-state index in [0.29, 0.717) is 12.6 Å². The molecule has 0 saturated carbocycles. The Morgan fingerprint density at radius 1 is 1.36 bits per heavy atom. The largest absolute Gasteiger partial charge is 0.497 e. The average Bonchev–Trinajstić information content (AvgIpc) is 2.52. The molecule has 0 bridgehead atoms. The first-order chi connectivity index (χ1) is 10.6. The van der Waals surface area contributed by atoms with Gasteiger partial charge in [0.15, 0.2) is 5.96 Å². The molecule has 0 spiro atoms. The molecule has 3 N–H and O–H groups in total. The van der Waals surface area contributed by atoms with E-state index in [-0.39, 0.29) is 12.6 Å². The minimum absolute atomic E-state index is 0.136. The number of aliphatic hydroxyl groups excluding tert-OH is 1. The van der Waals surface area contributed by atoms with Gasteiger partial charge in [-0.1, -0.05) is 12.1 Å². The van der Waals surface area contributed by atoms with E-state index in [0.717, 1.165) is 17.9 Å². The van der Waals surface area contributed by atoms with Crippen molar-refractivity contribution in [2.75, 3.05) is 33.9 Å². The second-order valence-electron chi connectivity index (χ2n) is 5.01. The molecule has 0 aliphatic carbocycles. The highest BCUT2D eigenvalue weighted by atomic mass is 16.5. The molecule has 1 aromatic rings. The first-order valence-electron chi connectivity index (χ1n) is 7.46. The predicted octanol–water partition coefficient (Wildman–Crippen LogP) is 1.32. The van der Waals surface area contributed by atoms with Gasteiger partial charge >= 0.3 is 0 Å². The number of methoxy groups -OCH3 is 2. The van der Waals surface area contributed by atoms with E-state index in [2.05, 4.69) is 15.6 Å². The molecule has 6 nitrogen and oxygen atoms in total. The Morgan fingerprint density at radius 2 is 2.14 bits per heavy atom. The lowest BCUT2D eigenvalue weighted by Gasteiger charge is -2.18. The Labute approximate surface area is 132 Å². The first-order valence-corrected chi connectivity index (χ1v) is 7.46. The summed E-state index contributed by atoms with van der Waals surface area (Å²) in [5, 5.41) is 16.6. The maximum Gasteiger partial charge on any atom is 0.191 e. The van der Waals surface area contributed by atoms with Crippen molar-refractivity contribution in [3.8, 4) is 5.75 Å². The van der Waals surface area contributed by atoms with E-state index in [1.54, 1.807) is 14.2 Å². The second-order valence-corrected chi connectivity index (χ2v) is 5.01. The molecular formula is C16H27N3O3. The van der Waals surface area contributed by atoms with Gasteiger partial charge in [-0.25, -0.2) is 0 Å². The number of aliphatic imine (C=N–C) groups is 1. The smallest absolute Gasteiger partial charge is 0.191 e. The van der Waals surface area contributed by atoms with Crippen molar-refractivity contribution in [3.63, 3.8) is 0 Å². The van der Waals surface area contributed by atoms with Gasteiger partial charge in [0, 0.05) is 19.7 Å². The van der Waals surface area contributed by atoms with Gasteiger partial charge in [-0.15, -0.1) is 0 Å². The van der Waals surface area contributed by atoms with Gasteiger partial charge in [0.25, 0.3) is 0 Å². The number of aliphatic hydroxyl groups is 1. The van der Waals surface area contributed by atoms with Crippen LogP contribution in [0.5, 0.6) is 5.75 Å². The lowest BCUT2D eigenvalue weighted by molar-refractivity contribution is 0.178. The molecule has 0 fully saturated rings. The monoisotopic (exact) mass is 309 g/mol. The van der Waals surface area contributed by atoms with E-state index < -0.39 is 6.10 Å². The molecule has 0 aliphatic heterocycles. The number of hydrogen-bond donors (Lipinski definition) is 3. The molecule has 124 valence electrons. The van der Waals surface area contributed by atoms with E-state index in [9.17, 15) is 5.11 Å². The van der Waals surface area contributed by atoms with Gasteiger partial charge in [-0.05, 0) is 31.5 Å². The van der Waals surface area contributed by atoms with Crippen LogP contribution in [0.2, 0.25) is 0 Å². The summed E-state index contributed by atoms with van der Waals surface area (Å²) in [6.45, 7) is 5.61. The van der Waals surface area contributed by atoms with E-state index >= 15 is 0 Å². The third-order valence-electron chi connectivity index (χ3n) is 3.04. The summed E-state index contributed by atoms with van der Waals surface area (Å²) in [6.07, 6.45) is -0.678. The summed E-state index contributed by atoms with van der Waals surface area (Å²) in [5.74, 6) is 1.38. The molecule has 0 aliphatic rings. The molecule has 0 radical (unpaired) electrons. The average molecular weight is 309 g/mol. The summed E-state index contributed by atoms with van der Waals surface area (Å²) >= 11 is 0. The molecule has 0 amide bonds. The normalized spacial score (nSPS) is 14.3. The van der Waals surface area contributed by atoms with Crippen LogP contribution in [0.1, 0.15) is 25.5 Å². The summed E-state index contributed by atoms with van der Waals surface area (Å²) < 4.78 is 10.3. The van der Waals surface area contributed by atoms with Crippen LogP contribution in [-0.4, -0.2) is 51.0 Å². The minimum Gasteiger partial charge on any atom is -0.497 e. The van der Waals surface area contributed by atoms with Crippen molar-refractivity contribution >= 4 is 5.96 Å². The summed E-state index contributed by atoms with van der Waals surface area (Å²) in [5.41, 5.74) is 0.781. The van der Waals surface area contributed by atoms with Crippen LogP contribution in [0.3, 0.4) is 0 Å². The van der Waals surface area contributed by atoms with Crippen LogP contribution >= 0.6 is 0 Å². The Bertz CT molecular complexity index is 466. The van der Waals surface area contributed by atoms with Gasteiger partial charge < -0.3 is 25.2 Å². The van der Waals surface area contributed by atoms with E-state index in [1.807, 2.05) is 38.1 Å². The fourth-order valence-corrected chi connectivity index (χ4v) is 1.98. The Morgan fingerprint density at radius 3 is 2.77 bits per heavy atom. The lowest BCUT2D eigenvalue weighted by atomic mass is 10.1. The molecule has 0 saturated heterocycles. The molecule has 0 heterocycles. The molecule has 2 unspecified atom stereocenters. The van der Waals surface area contributed by atoms with E-state index in [4.69, 9.17) is 9.47 Å². The zero-order valence-electron chi connectivity index (χ0n) is 13.8. The molecule has 22 heavy (non-hydrogen) atoms. The van der Waals surface area contributed by atoms with Crippen molar-refractivity contribution < 1.29 is 14.6 Å². The van der Waals surface area contributed by atoms with Crippen LogP contribution in [-0.2, 0) is 4.74 Å². The highest BCUT2D eigenvalue weighted by Gasteiger charge is 2.09. The first kappa shape index (κ1) is 18.3. The number of hydrogen-bond acceptors (Lipinski definition) is 4. The van der Waals surface area contributed by atoms with Crippen molar-refractivity contribution in [1.29, 1.82) is 0 Å². The van der Waals surface area contributed by atoms with Crippen LogP contribution in [0, 0.1) is 0 Å². The summed E-state index contributed by atoms with van der Waals surface area (Å²) in [7, 11) is 3.27. The van der Waals surface area contributed by atoms with Crippen molar-refractivity contribution in [2.45, 2.75) is 26.0 Å². The zero-order chi connectivity index (χ0) is 16.4. The summed E-state index contributed by atoms with van der Waals surface area (Å²) in [6, 6.07) is 7.50. The molecule has 6 heteroatoms. The third kappa shape index (κ3) is 6.32. The maximum atomic E-state index is 10.3. The number of nitrogens with zero attached hydrogens (tertiary/aromatic N) is 1. The van der Waals surface area contributed by atoms with Crippen LogP contribution in [0.25, 0.3) is 0 Å². The Kier molecular flexibility index (Phi) is 8.32. The minimum atomic E-state index is -0.678. The lowest BCUT2D eigenvalue weighted by Crippen LogP contribution is -2.44. The number of benzene rings is 1.